The van der Waals surface area contributed by atoms with Crippen LogP contribution in [0.2, 0.25) is 0 Å². The third kappa shape index (κ3) is 0.0278. The summed E-state index contributed by atoms with van der Waals surface area (Å²) in [7, 11) is 0. The first kappa shape index (κ1) is 1.85. The molecule has 0 spiro atoms. The van der Waals surface area contributed by atoms with Crippen molar-refractivity contribution in [3.05, 3.63) is 0 Å². The van der Waals surface area contributed by atoms with Crippen molar-refractivity contribution in [2.45, 2.75) is 0 Å². The second-order valence-corrected chi connectivity index (χ2v) is 3.46. The van der Waals surface area contributed by atoms with Crippen molar-refractivity contribution >= 4 is 0 Å². The lowest BCUT2D eigenvalue weighted by atomic mass is 9.01. The van der Waals surface area contributed by atoms with Crippen molar-refractivity contribution in [2.75, 3.05) is 0 Å². The topological polar surface area (TPSA) is 0 Å². The van der Waals surface area contributed by atoms with Gasteiger partial charge in [0.2, 0.25) is 0 Å². The Bertz CT molecular complexity index is 75.1. The summed E-state index contributed by atoms with van der Waals surface area (Å²) in [6.07, 6.45) is 0. The SMILES string of the molecule is C12C3C4C1C3C24. The van der Waals surface area contributed by atoms with Gasteiger partial charge in [-0.05, 0) is 35.5 Å². The molecule has 0 aromatic rings. The number of hydrogen-bond donors (Lipinski definition) is 0. The van der Waals surface area contributed by atoms with Crippen molar-refractivity contribution < 1.29 is 0 Å². The van der Waals surface area contributed by atoms with Crippen LogP contribution in [0, 0.1) is 35.5 Å². The molecule has 0 radical (unpaired) electrons. The van der Waals surface area contributed by atoms with Crippen molar-refractivity contribution in [3.8, 4) is 0 Å². The summed E-state index contributed by atoms with van der Waals surface area (Å²) in [6, 6.07) is 0. The van der Waals surface area contributed by atoms with Crippen LogP contribution in [0.3, 0.4) is 0 Å². The van der Waals surface area contributed by atoms with E-state index in [-0.39, 0.29) is 0 Å². The van der Waals surface area contributed by atoms with Gasteiger partial charge in [0, 0.05) is 0 Å². The van der Waals surface area contributed by atoms with E-state index in [1.165, 1.54) is 35.5 Å². The molecule has 0 heterocycles. The zero-order chi connectivity index (χ0) is 3.46. The van der Waals surface area contributed by atoms with Gasteiger partial charge in [0.1, 0.15) is 0 Å². The third-order valence-corrected chi connectivity index (χ3v) is 4.00. The van der Waals surface area contributed by atoms with Gasteiger partial charge in [-0.2, -0.15) is 0 Å². The second-order valence-electron chi connectivity index (χ2n) is 3.46. The van der Waals surface area contributed by atoms with E-state index in [1.807, 2.05) is 0 Å². The lowest BCUT2D eigenvalue weighted by Gasteiger charge is -3.03. The second kappa shape index (κ2) is 0.247. The maximum Gasteiger partial charge on any atom is -0.0312 e. The molecule has 0 aliphatic heterocycles. The molecule has 6 bridgehead atoms. The Kier molecular flexibility index (Phi) is 0.0762. The lowest BCUT2D eigenvalue weighted by Crippen LogP contribution is -3.00. The summed E-state index contributed by atoms with van der Waals surface area (Å²) in [4.78, 5) is 0. The summed E-state index contributed by atoms with van der Waals surface area (Å²) in [5, 5.41) is 0. The van der Waals surface area contributed by atoms with Crippen molar-refractivity contribution in [1.82, 2.24) is 0 Å². The minimum absolute atomic E-state index is 1.33. The van der Waals surface area contributed by atoms with Gasteiger partial charge in [-0.25, -0.2) is 0 Å². The first-order valence-electron chi connectivity index (χ1n) is 3.00. The molecule has 7 fully saturated rings. The van der Waals surface area contributed by atoms with Gasteiger partial charge in [-0.3, -0.25) is 0 Å². The van der Waals surface area contributed by atoms with Crippen molar-refractivity contribution in [2.24, 2.45) is 35.5 Å². The molecule has 7 aliphatic rings. The minimum Gasteiger partial charge on any atom is -0.0312 e. The van der Waals surface area contributed by atoms with E-state index < -0.39 is 0 Å². The molecule has 0 unspecified atom stereocenters. The normalized spacial score (nSPS) is 108. The van der Waals surface area contributed by atoms with E-state index in [0.717, 1.165) is 0 Å². The molecule has 0 aromatic carbocycles. The van der Waals surface area contributed by atoms with E-state index >= 15 is 0 Å². The predicted octanol–water partition coefficient (Wildman–Crippen LogP) is 0.738. The van der Waals surface area contributed by atoms with Crippen LogP contribution in [0.1, 0.15) is 0 Å². The third-order valence-electron chi connectivity index (χ3n) is 4.00. The molecule has 7 aliphatic carbocycles. The zero-order valence-electron chi connectivity index (χ0n) is 3.46. The van der Waals surface area contributed by atoms with Gasteiger partial charge in [0.05, 0.1) is 0 Å². The fourth-order valence-corrected chi connectivity index (χ4v) is 3.31. The molecule has 0 aromatic heterocycles. The highest BCUT2D eigenvalue weighted by Crippen LogP contribution is 3.00. The molecule has 0 atom stereocenters. The van der Waals surface area contributed by atoms with Crippen molar-refractivity contribution in [1.29, 1.82) is 0 Å². The van der Waals surface area contributed by atoms with Crippen LogP contribution in [0.15, 0.2) is 0 Å². The number of rotatable bonds is 0. The maximum absolute atomic E-state index is 1.33. The minimum atomic E-state index is 1.33. The largest absolute Gasteiger partial charge is 0.0312 e. The summed E-state index contributed by atoms with van der Waals surface area (Å²) < 4.78 is 0. The molecule has 6 heavy (non-hydrogen) atoms. The van der Waals surface area contributed by atoms with E-state index in [2.05, 4.69) is 0 Å². The van der Waals surface area contributed by atoms with Crippen LogP contribution in [0.5, 0.6) is 0 Å². The molecule has 0 N–H and O–H groups in total. The highest BCUT2D eigenvalue weighted by atomic mass is 15.0. The van der Waals surface area contributed by atoms with E-state index in [0.29, 0.717) is 0 Å². The average Bonchev–Trinajstić information content (AvgIpc) is 0.469. The molecule has 30 valence electrons. The van der Waals surface area contributed by atoms with Gasteiger partial charge in [0.25, 0.3) is 0 Å². The highest BCUT2D eigenvalue weighted by Gasteiger charge is 2.97. The summed E-state index contributed by atoms with van der Waals surface area (Å²) in [6.45, 7) is 0. The predicted molar refractivity (Wildman–Crippen MR) is 20.9 cm³/mol. The van der Waals surface area contributed by atoms with Crippen LogP contribution in [-0.2, 0) is 0 Å². The quantitative estimate of drug-likeness (QED) is 0.401. The Morgan fingerprint density at radius 3 is 0.500 bits per heavy atom. The summed E-state index contributed by atoms with van der Waals surface area (Å²) >= 11 is 0. The standard InChI is InChI=1S/C6H6/c1-2-5-3(1)6(2)4(1)5/h1-6H. The number of hydrogen-bond acceptors (Lipinski definition) is 0. The van der Waals surface area contributed by atoms with Gasteiger partial charge < -0.3 is 0 Å². The molecule has 7 rings (SSSR count). The Balaban J connectivity index is 2.31. The van der Waals surface area contributed by atoms with Gasteiger partial charge in [-0.1, -0.05) is 0 Å². The molecular formula is C6H6. The molecule has 0 heteroatoms. The Hall–Kier alpha value is 0. The molecule has 0 amide bonds. The smallest absolute Gasteiger partial charge is 0.0312 e. The molecule has 0 nitrogen and oxygen atoms in total. The van der Waals surface area contributed by atoms with Crippen LogP contribution < -0.4 is 0 Å². The fourth-order valence-electron chi connectivity index (χ4n) is 3.31. The molecule has 7 saturated carbocycles. The van der Waals surface area contributed by atoms with Crippen LogP contribution in [-0.4, -0.2) is 0 Å². The van der Waals surface area contributed by atoms with Gasteiger partial charge in [-0.15, -0.1) is 0 Å². The average molecular weight is 78.1 g/mol. The van der Waals surface area contributed by atoms with Crippen LogP contribution in [0.4, 0.5) is 0 Å². The zero-order valence-corrected chi connectivity index (χ0v) is 3.46. The highest BCUT2D eigenvalue weighted by molar-refractivity contribution is 5.43. The van der Waals surface area contributed by atoms with Gasteiger partial charge >= 0.3 is 0 Å². The first-order valence-corrected chi connectivity index (χ1v) is 3.00. The van der Waals surface area contributed by atoms with E-state index in [9.17, 15) is 0 Å². The van der Waals surface area contributed by atoms with Crippen LogP contribution >= 0.6 is 0 Å². The van der Waals surface area contributed by atoms with Gasteiger partial charge in [0.15, 0.2) is 0 Å². The van der Waals surface area contributed by atoms with E-state index in [4.69, 9.17) is 0 Å². The maximum atomic E-state index is 1.33. The monoisotopic (exact) mass is 78.0 g/mol. The summed E-state index contributed by atoms with van der Waals surface area (Å²) in [5.41, 5.74) is 0. The molecular weight excluding hydrogens is 72.1 g/mol. The van der Waals surface area contributed by atoms with Crippen molar-refractivity contribution in [3.63, 3.8) is 0 Å². The van der Waals surface area contributed by atoms with Crippen LogP contribution in [0.25, 0.3) is 0 Å². The first-order chi connectivity index (χ1) is 3.00. The molecule has 0 saturated heterocycles. The summed E-state index contributed by atoms with van der Waals surface area (Å²) in [5.74, 6) is 8.00. The Morgan fingerprint density at radius 1 is 0.333 bits per heavy atom. The van der Waals surface area contributed by atoms with E-state index in [1.54, 1.807) is 0 Å². The Morgan fingerprint density at radius 2 is 0.500 bits per heavy atom. The lowest BCUT2D eigenvalue weighted by molar-refractivity contribution is -0.565. The Labute approximate surface area is 36.5 Å². The fraction of sp³-hybridized carbons (Fsp3) is 1.00.